The quantitative estimate of drug-likeness (QED) is 0.723. The van der Waals surface area contributed by atoms with Crippen LogP contribution in [-0.2, 0) is 4.79 Å². The predicted octanol–water partition coefficient (Wildman–Crippen LogP) is 3.39. The normalized spacial score (nSPS) is 16.5. The number of amides is 1. The van der Waals surface area contributed by atoms with Gasteiger partial charge in [-0.25, -0.2) is 4.39 Å². The van der Waals surface area contributed by atoms with Crippen LogP contribution in [0.25, 0.3) is 0 Å². The fourth-order valence-corrected chi connectivity index (χ4v) is 3.47. The third-order valence-corrected chi connectivity index (χ3v) is 5.11. The third-order valence-electron chi connectivity index (χ3n) is 4.29. The molecule has 1 aromatic carbocycles. The SMILES string of the molecule is CC(Oc1ccccc1F)c1nnc(SCC(=O)NC2(C#N)CCCC2)o1. The molecule has 0 aliphatic heterocycles. The number of benzene rings is 1. The first-order valence-corrected chi connectivity index (χ1v) is 9.59. The second-order valence-electron chi connectivity index (χ2n) is 6.33. The number of hydrogen-bond acceptors (Lipinski definition) is 7. The lowest BCUT2D eigenvalue weighted by molar-refractivity contribution is -0.119. The number of carbonyl (C=O) groups is 1. The van der Waals surface area contributed by atoms with Gasteiger partial charge in [-0.05, 0) is 44.7 Å². The summed E-state index contributed by atoms with van der Waals surface area (Å²) in [5.74, 6) is -0.388. The highest BCUT2D eigenvalue weighted by molar-refractivity contribution is 7.99. The van der Waals surface area contributed by atoms with Gasteiger partial charge in [0.2, 0.25) is 5.91 Å². The molecule has 7 nitrogen and oxygen atoms in total. The molecule has 9 heteroatoms. The number of para-hydroxylation sites is 1. The Hall–Kier alpha value is -2.60. The van der Waals surface area contributed by atoms with Crippen LogP contribution >= 0.6 is 11.8 Å². The molecule has 142 valence electrons. The standard InChI is InChI=1S/C18H19FN4O3S/c1-12(25-14-7-3-2-6-13(14)19)16-22-23-17(26-16)27-10-15(24)21-18(11-20)8-4-5-9-18/h2-3,6-7,12H,4-5,8-10H2,1H3,(H,21,24). The molecule has 3 rings (SSSR count). The van der Waals surface area contributed by atoms with E-state index in [1.807, 2.05) is 0 Å². The summed E-state index contributed by atoms with van der Waals surface area (Å²) in [6, 6.07) is 8.26. The molecule has 1 aliphatic carbocycles. The minimum Gasteiger partial charge on any atom is -0.478 e. The maximum atomic E-state index is 13.6. The van der Waals surface area contributed by atoms with E-state index in [9.17, 15) is 14.4 Å². The zero-order valence-electron chi connectivity index (χ0n) is 14.8. The first kappa shape index (κ1) is 19.2. The molecular formula is C18H19FN4O3S. The van der Waals surface area contributed by atoms with E-state index in [0.29, 0.717) is 12.8 Å². The van der Waals surface area contributed by atoms with Gasteiger partial charge in [-0.15, -0.1) is 10.2 Å². The van der Waals surface area contributed by atoms with E-state index in [2.05, 4.69) is 21.6 Å². The number of ether oxygens (including phenoxy) is 1. The van der Waals surface area contributed by atoms with E-state index in [0.717, 1.165) is 24.6 Å². The van der Waals surface area contributed by atoms with Gasteiger partial charge in [0.25, 0.3) is 11.1 Å². The van der Waals surface area contributed by atoms with Crippen molar-refractivity contribution in [3.63, 3.8) is 0 Å². The van der Waals surface area contributed by atoms with Crippen LogP contribution in [0, 0.1) is 17.1 Å². The first-order valence-electron chi connectivity index (χ1n) is 8.61. The Morgan fingerprint density at radius 3 is 2.89 bits per heavy atom. The Balaban J connectivity index is 1.52. The zero-order valence-corrected chi connectivity index (χ0v) is 15.6. The van der Waals surface area contributed by atoms with Gasteiger partial charge in [0.05, 0.1) is 11.8 Å². The molecule has 1 unspecified atom stereocenters. The van der Waals surface area contributed by atoms with E-state index >= 15 is 0 Å². The van der Waals surface area contributed by atoms with E-state index in [1.54, 1.807) is 19.1 Å². The fourth-order valence-electron chi connectivity index (χ4n) is 2.90. The van der Waals surface area contributed by atoms with E-state index in [-0.39, 0.29) is 28.5 Å². The van der Waals surface area contributed by atoms with Gasteiger partial charge < -0.3 is 14.5 Å². The summed E-state index contributed by atoms with van der Waals surface area (Å²) < 4.78 is 24.6. The summed E-state index contributed by atoms with van der Waals surface area (Å²) >= 11 is 1.08. The number of hydrogen-bond donors (Lipinski definition) is 1. The topological polar surface area (TPSA) is 101 Å². The number of aromatic nitrogens is 2. The summed E-state index contributed by atoms with van der Waals surface area (Å²) in [6.07, 6.45) is 2.59. The minimum atomic E-state index is -0.750. The van der Waals surface area contributed by atoms with Crippen LogP contribution in [0.1, 0.15) is 44.6 Å². The van der Waals surface area contributed by atoms with Crippen molar-refractivity contribution in [3.8, 4) is 11.8 Å². The highest BCUT2D eigenvalue weighted by Gasteiger charge is 2.35. The third kappa shape index (κ3) is 4.77. The lowest BCUT2D eigenvalue weighted by Gasteiger charge is -2.21. The summed E-state index contributed by atoms with van der Waals surface area (Å²) in [4.78, 5) is 12.1. The summed E-state index contributed by atoms with van der Waals surface area (Å²) in [5.41, 5.74) is -0.750. The van der Waals surface area contributed by atoms with Crippen molar-refractivity contribution >= 4 is 17.7 Å². The van der Waals surface area contributed by atoms with Crippen LogP contribution < -0.4 is 10.1 Å². The first-order chi connectivity index (χ1) is 13.0. The number of rotatable bonds is 7. The minimum absolute atomic E-state index is 0.0631. The lowest BCUT2D eigenvalue weighted by Crippen LogP contribution is -2.45. The second kappa shape index (κ2) is 8.39. The van der Waals surface area contributed by atoms with Crippen LogP contribution in [0.15, 0.2) is 33.9 Å². The fraction of sp³-hybridized carbons (Fsp3) is 0.444. The molecule has 1 N–H and O–H groups in total. The summed E-state index contributed by atoms with van der Waals surface area (Å²) in [6.45, 7) is 1.66. The van der Waals surface area contributed by atoms with E-state index in [1.165, 1.54) is 12.1 Å². The Bertz CT molecular complexity index is 845. The molecule has 1 aliphatic rings. The number of halogens is 1. The van der Waals surface area contributed by atoms with Crippen molar-refractivity contribution in [2.45, 2.75) is 49.5 Å². The zero-order chi connectivity index (χ0) is 19.3. The second-order valence-corrected chi connectivity index (χ2v) is 7.26. The van der Waals surface area contributed by atoms with Crippen molar-refractivity contribution < 1.29 is 18.3 Å². The van der Waals surface area contributed by atoms with Crippen molar-refractivity contribution in [1.29, 1.82) is 5.26 Å². The molecule has 1 fully saturated rings. The van der Waals surface area contributed by atoms with Crippen molar-refractivity contribution in [3.05, 3.63) is 36.0 Å². The molecule has 1 heterocycles. The van der Waals surface area contributed by atoms with Gasteiger partial charge in [0.1, 0.15) is 5.54 Å². The number of nitrogens with zero attached hydrogens (tertiary/aromatic N) is 3. The van der Waals surface area contributed by atoms with Gasteiger partial charge in [-0.2, -0.15) is 5.26 Å². The molecule has 0 spiro atoms. The van der Waals surface area contributed by atoms with Crippen molar-refractivity contribution in [2.75, 3.05) is 5.75 Å². The monoisotopic (exact) mass is 390 g/mol. The molecule has 27 heavy (non-hydrogen) atoms. The maximum absolute atomic E-state index is 13.6. The number of carbonyl (C=O) groups excluding carboxylic acids is 1. The molecule has 1 aromatic heterocycles. The smallest absolute Gasteiger partial charge is 0.277 e. The molecule has 1 amide bonds. The molecule has 0 radical (unpaired) electrons. The Labute approximate surface area is 160 Å². The highest BCUT2D eigenvalue weighted by Crippen LogP contribution is 2.29. The van der Waals surface area contributed by atoms with Crippen LogP contribution in [0.4, 0.5) is 4.39 Å². The number of nitrogens with one attached hydrogen (secondary N) is 1. The van der Waals surface area contributed by atoms with Crippen LogP contribution in [-0.4, -0.2) is 27.4 Å². The molecule has 0 bridgehead atoms. The molecule has 2 aromatic rings. The summed E-state index contributed by atoms with van der Waals surface area (Å²) in [7, 11) is 0. The molecular weight excluding hydrogens is 371 g/mol. The van der Waals surface area contributed by atoms with Crippen molar-refractivity contribution in [2.24, 2.45) is 0 Å². The van der Waals surface area contributed by atoms with Gasteiger partial charge in [-0.1, -0.05) is 23.9 Å². The molecule has 1 saturated carbocycles. The van der Waals surface area contributed by atoms with Gasteiger partial charge in [-0.3, -0.25) is 4.79 Å². The van der Waals surface area contributed by atoms with Crippen LogP contribution in [0.5, 0.6) is 5.75 Å². The van der Waals surface area contributed by atoms with Crippen LogP contribution in [0.2, 0.25) is 0 Å². The molecule has 1 atom stereocenters. The van der Waals surface area contributed by atoms with Crippen LogP contribution in [0.3, 0.4) is 0 Å². The largest absolute Gasteiger partial charge is 0.478 e. The average Bonchev–Trinajstić information content (AvgIpc) is 3.32. The van der Waals surface area contributed by atoms with Gasteiger partial charge in [0.15, 0.2) is 17.7 Å². The van der Waals surface area contributed by atoms with Gasteiger partial charge in [0, 0.05) is 0 Å². The number of thioether (sulfide) groups is 1. The Morgan fingerprint density at radius 2 is 2.19 bits per heavy atom. The van der Waals surface area contributed by atoms with Gasteiger partial charge >= 0.3 is 0 Å². The highest BCUT2D eigenvalue weighted by atomic mass is 32.2. The Kier molecular flexibility index (Phi) is 5.96. The van der Waals surface area contributed by atoms with E-state index < -0.39 is 17.5 Å². The lowest BCUT2D eigenvalue weighted by atomic mass is 10.0. The van der Waals surface area contributed by atoms with E-state index in [4.69, 9.17) is 9.15 Å². The average molecular weight is 390 g/mol. The Morgan fingerprint density at radius 1 is 1.44 bits per heavy atom. The summed E-state index contributed by atoms with van der Waals surface area (Å²) in [5, 5.41) is 20.1. The molecule has 0 saturated heterocycles. The maximum Gasteiger partial charge on any atom is 0.277 e. The number of nitriles is 1. The predicted molar refractivity (Wildman–Crippen MR) is 95.4 cm³/mol. The van der Waals surface area contributed by atoms with Crippen molar-refractivity contribution in [1.82, 2.24) is 15.5 Å².